The smallest absolute Gasteiger partial charge is 0.176 e. The summed E-state index contributed by atoms with van der Waals surface area (Å²) in [6, 6.07) is 9.35. The minimum absolute atomic E-state index is 0.528. The van der Waals surface area contributed by atoms with Gasteiger partial charge in [0.25, 0.3) is 0 Å². The van der Waals surface area contributed by atoms with E-state index in [0.29, 0.717) is 22.1 Å². The number of hydrogen-bond acceptors (Lipinski definition) is 4. The Morgan fingerprint density at radius 1 is 1.29 bits per heavy atom. The highest BCUT2D eigenvalue weighted by molar-refractivity contribution is 6.30. The van der Waals surface area contributed by atoms with Crippen LogP contribution in [-0.4, -0.2) is 11.2 Å². The summed E-state index contributed by atoms with van der Waals surface area (Å²) in [5.41, 5.74) is 2.90. The van der Waals surface area contributed by atoms with Crippen LogP contribution in [0.5, 0.6) is 0 Å². The average molecular weight is 338 g/mol. The number of allylic oxidation sites excluding steroid dienone is 2. The van der Waals surface area contributed by atoms with Crippen molar-refractivity contribution in [2.45, 2.75) is 6.92 Å². The number of pyridine rings is 1. The number of rotatable bonds is 5. The molecule has 0 bridgehead atoms. The van der Waals surface area contributed by atoms with E-state index in [2.05, 4.69) is 21.9 Å². The summed E-state index contributed by atoms with van der Waals surface area (Å²) in [5, 5.41) is 4.96. The van der Waals surface area contributed by atoms with Gasteiger partial charge in [0.1, 0.15) is 5.70 Å². The Hall–Kier alpha value is -2.85. The van der Waals surface area contributed by atoms with Crippen molar-refractivity contribution < 1.29 is 4.42 Å². The fourth-order valence-electron chi connectivity index (χ4n) is 2.23. The van der Waals surface area contributed by atoms with Gasteiger partial charge in [-0.25, -0.2) is 0 Å². The summed E-state index contributed by atoms with van der Waals surface area (Å²) < 4.78 is 5.90. The van der Waals surface area contributed by atoms with E-state index in [0.717, 1.165) is 16.8 Å². The number of aromatic nitrogens is 1. The molecule has 0 fully saturated rings. The average Bonchev–Trinajstić information content (AvgIpc) is 2.96. The van der Waals surface area contributed by atoms with E-state index < -0.39 is 0 Å². The largest absolute Gasteiger partial charge is 0.451 e. The SMILES string of the molecule is C=C(N=C/C=C\C)c1oc2cnccc2c1Nc1ccc(Cl)cc1. The van der Waals surface area contributed by atoms with Gasteiger partial charge in [-0.15, -0.1) is 0 Å². The molecule has 0 unspecified atom stereocenters. The Morgan fingerprint density at radius 2 is 2.08 bits per heavy atom. The van der Waals surface area contributed by atoms with Crippen LogP contribution in [0.15, 0.2) is 70.9 Å². The van der Waals surface area contributed by atoms with Crippen molar-refractivity contribution in [3.8, 4) is 0 Å². The molecule has 1 aromatic carbocycles. The van der Waals surface area contributed by atoms with Crippen molar-refractivity contribution in [2.24, 2.45) is 4.99 Å². The van der Waals surface area contributed by atoms with Crippen molar-refractivity contribution in [3.63, 3.8) is 0 Å². The maximum absolute atomic E-state index is 5.95. The third kappa shape index (κ3) is 3.39. The molecule has 0 atom stereocenters. The molecule has 0 spiro atoms. The Labute approximate surface area is 145 Å². The van der Waals surface area contributed by atoms with Gasteiger partial charge >= 0.3 is 0 Å². The molecule has 4 nitrogen and oxygen atoms in total. The first-order chi connectivity index (χ1) is 11.7. The standard InChI is InChI=1S/C19H16ClN3O/c1-3-4-10-22-13(2)19-18(16-9-11-21-12-17(16)24-19)23-15-7-5-14(20)6-8-15/h3-12,23H,2H2,1H3/b4-3-,22-10?. The highest BCUT2D eigenvalue weighted by Crippen LogP contribution is 2.36. The lowest BCUT2D eigenvalue weighted by molar-refractivity contribution is 0.599. The minimum Gasteiger partial charge on any atom is -0.451 e. The summed E-state index contributed by atoms with van der Waals surface area (Å²) in [6.45, 7) is 5.93. The van der Waals surface area contributed by atoms with Gasteiger partial charge in [-0.05, 0) is 43.3 Å². The van der Waals surface area contributed by atoms with Gasteiger partial charge in [0.2, 0.25) is 0 Å². The fourth-order valence-corrected chi connectivity index (χ4v) is 2.36. The number of aliphatic imine (C=N–C) groups is 1. The normalized spacial score (nSPS) is 11.6. The predicted molar refractivity (Wildman–Crippen MR) is 101 cm³/mol. The fraction of sp³-hybridized carbons (Fsp3) is 0.0526. The van der Waals surface area contributed by atoms with E-state index in [1.807, 2.05) is 49.4 Å². The van der Waals surface area contributed by atoms with E-state index in [1.165, 1.54) is 0 Å². The van der Waals surface area contributed by atoms with Crippen LogP contribution in [0.2, 0.25) is 5.02 Å². The zero-order valence-electron chi connectivity index (χ0n) is 13.2. The summed E-state index contributed by atoms with van der Waals surface area (Å²) >= 11 is 5.95. The molecule has 24 heavy (non-hydrogen) atoms. The molecule has 3 aromatic rings. The predicted octanol–water partition coefficient (Wildman–Crippen LogP) is 5.84. The molecule has 1 N–H and O–H groups in total. The lowest BCUT2D eigenvalue weighted by Gasteiger charge is -2.07. The van der Waals surface area contributed by atoms with Crippen LogP contribution in [0.4, 0.5) is 11.4 Å². The zero-order valence-corrected chi connectivity index (χ0v) is 13.9. The highest BCUT2D eigenvalue weighted by atomic mass is 35.5. The summed E-state index contributed by atoms with van der Waals surface area (Å²) in [6.07, 6.45) is 8.81. The Morgan fingerprint density at radius 3 is 2.83 bits per heavy atom. The van der Waals surface area contributed by atoms with Crippen molar-refractivity contribution in [1.82, 2.24) is 4.98 Å². The third-order valence-corrected chi connectivity index (χ3v) is 3.63. The number of anilines is 2. The first-order valence-corrected chi connectivity index (χ1v) is 7.80. The molecular formula is C19H16ClN3O. The van der Waals surface area contributed by atoms with E-state index in [1.54, 1.807) is 18.6 Å². The number of nitrogens with one attached hydrogen (secondary N) is 1. The van der Waals surface area contributed by atoms with Crippen LogP contribution in [0, 0.1) is 0 Å². The molecule has 0 aliphatic rings. The van der Waals surface area contributed by atoms with Crippen LogP contribution in [-0.2, 0) is 0 Å². The van der Waals surface area contributed by atoms with Crippen molar-refractivity contribution in [1.29, 1.82) is 0 Å². The lowest BCUT2D eigenvalue weighted by Crippen LogP contribution is -1.92. The first-order valence-electron chi connectivity index (χ1n) is 7.43. The van der Waals surface area contributed by atoms with Crippen LogP contribution >= 0.6 is 11.6 Å². The first kappa shape index (κ1) is 16.0. The van der Waals surface area contributed by atoms with Crippen LogP contribution in [0.1, 0.15) is 12.7 Å². The van der Waals surface area contributed by atoms with Gasteiger partial charge in [-0.3, -0.25) is 9.98 Å². The molecule has 2 heterocycles. The van der Waals surface area contributed by atoms with Gasteiger partial charge in [0.05, 0.1) is 11.9 Å². The van der Waals surface area contributed by atoms with E-state index in [-0.39, 0.29) is 0 Å². The molecule has 3 rings (SSSR count). The molecular weight excluding hydrogens is 322 g/mol. The van der Waals surface area contributed by atoms with E-state index in [4.69, 9.17) is 16.0 Å². The molecule has 0 radical (unpaired) electrons. The third-order valence-electron chi connectivity index (χ3n) is 3.38. The zero-order chi connectivity index (χ0) is 16.9. The molecule has 2 aromatic heterocycles. The van der Waals surface area contributed by atoms with Gasteiger partial charge in [0.15, 0.2) is 11.3 Å². The maximum Gasteiger partial charge on any atom is 0.176 e. The van der Waals surface area contributed by atoms with Crippen molar-refractivity contribution in [2.75, 3.05) is 5.32 Å². The quantitative estimate of drug-likeness (QED) is 0.595. The molecule has 0 saturated carbocycles. The second-order valence-corrected chi connectivity index (χ2v) is 5.50. The van der Waals surface area contributed by atoms with Crippen LogP contribution in [0.3, 0.4) is 0 Å². The molecule has 0 saturated heterocycles. The van der Waals surface area contributed by atoms with Crippen LogP contribution in [0.25, 0.3) is 16.7 Å². The number of fused-ring (bicyclic) bond motifs is 1. The number of halogens is 1. The van der Waals surface area contributed by atoms with E-state index >= 15 is 0 Å². The Balaban J connectivity index is 2.04. The highest BCUT2D eigenvalue weighted by Gasteiger charge is 2.16. The number of nitrogens with zero attached hydrogens (tertiary/aromatic N) is 2. The molecule has 5 heteroatoms. The summed E-state index contributed by atoms with van der Waals surface area (Å²) in [5.74, 6) is 0.578. The second-order valence-electron chi connectivity index (χ2n) is 5.06. The van der Waals surface area contributed by atoms with Gasteiger partial charge in [-0.2, -0.15) is 0 Å². The Kier molecular flexibility index (Phi) is 4.77. The van der Waals surface area contributed by atoms with Crippen molar-refractivity contribution in [3.05, 3.63) is 72.2 Å². The number of furan rings is 1. The monoisotopic (exact) mass is 337 g/mol. The number of hydrogen-bond donors (Lipinski definition) is 1. The lowest BCUT2D eigenvalue weighted by atomic mass is 10.2. The van der Waals surface area contributed by atoms with Crippen molar-refractivity contribution >= 4 is 45.9 Å². The molecule has 0 aliphatic heterocycles. The maximum atomic E-state index is 5.95. The number of benzene rings is 1. The van der Waals surface area contributed by atoms with Gasteiger partial charge < -0.3 is 9.73 Å². The summed E-state index contributed by atoms with van der Waals surface area (Å²) in [4.78, 5) is 8.42. The molecule has 120 valence electrons. The van der Waals surface area contributed by atoms with Gasteiger partial charge in [-0.1, -0.05) is 24.3 Å². The molecule has 0 amide bonds. The Bertz CT molecular complexity index is 923. The van der Waals surface area contributed by atoms with Crippen LogP contribution < -0.4 is 5.32 Å². The second kappa shape index (κ2) is 7.15. The topological polar surface area (TPSA) is 50.4 Å². The minimum atomic E-state index is 0.528. The summed E-state index contributed by atoms with van der Waals surface area (Å²) in [7, 11) is 0. The van der Waals surface area contributed by atoms with E-state index in [9.17, 15) is 0 Å². The van der Waals surface area contributed by atoms with Gasteiger partial charge in [0, 0.05) is 28.5 Å². The molecule has 0 aliphatic carbocycles.